The summed E-state index contributed by atoms with van der Waals surface area (Å²) < 4.78 is 1.11. The Morgan fingerprint density at radius 2 is 1.73 bits per heavy atom. The number of hydrogen-bond acceptors (Lipinski definition) is 4. The second-order valence-corrected chi connectivity index (χ2v) is 8.00. The second kappa shape index (κ2) is 5.71. The van der Waals surface area contributed by atoms with Crippen molar-refractivity contribution in [2.75, 3.05) is 0 Å². The maximum absolute atomic E-state index is 12.9. The smallest absolute Gasteiger partial charge is 0.261 e. The van der Waals surface area contributed by atoms with Crippen LogP contribution in [0.5, 0.6) is 0 Å². The molecule has 0 atom stereocenters. The van der Waals surface area contributed by atoms with Gasteiger partial charge in [0.1, 0.15) is 0 Å². The highest BCUT2D eigenvalue weighted by Gasteiger charge is 2.40. The molecule has 0 unspecified atom stereocenters. The lowest BCUT2D eigenvalue weighted by Crippen LogP contribution is -2.40. The van der Waals surface area contributed by atoms with Gasteiger partial charge in [0.05, 0.1) is 27.2 Å². The van der Waals surface area contributed by atoms with Crippen LogP contribution in [0.1, 0.15) is 52.8 Å². The molecule has 0 radical (unpaired) electrons. The molecule has 0 spiro atoms. The zero-order valence-corrected chi connectivity index (χ0v) is 15.0. The topological polar surface area (TPSA) is 62.5 Å². The molecule has 6 heteroatoms. The first-order valence-corrected chi connectivity index (χ1v) is 9.83. The van der Waals surface area contributed by atoms with E-state index in [0.29, 0.717) is 22.3 Å². The Balaban J connectivity index is 1.61. The van der Waals surface area contributed by atoms with Crippen molar-refractivity contribution < 1.29 is 14.8 Å². The van der Waals surface area contributed by atoms with Crippen LogP contribution in [0.15, 0.2) is 35.7 Å². The molecular weight excluding hydrogens is 348 g/mol. The highest BCUT2D eigenvalue weighted by molar-refractivity contribution is 7.13. The summed E-state index contributed by atoms with van der Waals surface area (Å²) in [6, 6.07) is 9.13. The van der Waals surface area contributed by atoms with E-state index >= 15 is 0 Å². The number of nitrogens with zero attached hydrogens (tertiary/aromatic N) is 2. The van der Waals surface area contributed by atoms with Crippen molar-refractivity contribution in [2.45, 2.75) is 38.1 Å². The number of carbonyl (C=O) groups excluding carboxylic acids is 2. The quantitative estimate of drug-likeness (QED) is 0.535. The lowest BCUT2D eigenvalue weighted by Gasteiger charge is -2.29. The normalized spacial score (nSPS) is 18.1. The van der Waals surface area contributed by atoms with Crippen molar-refractivity contribution in [1.82, 2.24) is 9.63 Å². The van der Waals surface area contributed by atoms with E-state index in [-0.39, 0.29) is 17.9 Å². The standard InChI is InChI=1S/C20H18N2O3S/c23-19-14-9-12-10-17(18-7-4-8-26-18)22(25)16(12)11-15(14)20(24)21(19)13-5-2-1-3-6-13/h4,7-11,13,25H,1-3,5-6H2. The first-order chi connectivity index (χ1) is 12.6. The molecule has 1 aliphatic carbocycles. The number of rotatable bonds is 2. The molecule has 2 aliphatic rings. The van der Waals surface area contributed by atoms with Gasteiger partial charge < -0.3 is 5.21 Å². The fourth-order valence-electron chi connectivity index (χ4n) is 4.22. The fraction of sp³-hybridized carbons (Fsp3) is 0.300. The first-order valence-electron chi connectivity index (χ1n) is 8.95. The SMILES string of the molecule is O=C1c2cc3cc(-c4cccs4)n(O)c3cc2C(=O)N1C1CCCCC1. The molecule has 5 rings (SSSR count). The number of carbonyl (C=O) groups is 2. The van der Waals surface area contributed by atoms with Gasteiger partial charge in [0.2, 0.25) is 0 Å². The van der Waals surface area contributed by atoms with Gasteiger partial charge in [0, 0.05) is 11.4 Å². The van der Waals surface area contributed by atoms with Crippen LogP contribution in [0.25, 0.3) is 21.5 Å². The van der Waals surface area contributed by atoms with E-state index < -0.39 is 0 Å². The summed E-state index contributed by atoms with van der Waals surface area (Å²) >= 11 is 1.53. The summed E-state index contributed by atoms with van der Waals surface area (Å²) in [5.74, 6) is -0.417. The number of fused-ring (bicyclic) bond motifs is 2. The zero-order chi connectivity index (χ0) is 17.8. The van der Waals surface area contributed by atoms with Crippen LogP contribution in [0.3, 0.4) is 0 Å². The average molecular weight is 366 g/mol. The minimum atomic E-state index is -0.224. The molecule has 3 heterocycles. The van der Waals surface area contributed by atoms with E-state index in [1.54, 1.807) is 12.1 Å². The molecule has 26 heavy (non-hydrogen) atoms. The van der Waals surface area contributed by atoms with Gasteiger partial charge in [-0.25, -0.2) is 0 Å². The van der Waals surface area contributed by atoms with Gasteiger partial charge >= 0.3 is 0 Å². The molecule has 1 aromatic carbocycles. The van der Waals surface area contributed by atoms with Crippen molar-refractivity contribution in [1.29, 1.82) is 0 Å². The highest BCUT2D eigenvalue weighted by atomic mass is 32.1. The van der Waals surface area contributed by atoms with Crippen molar-refractivity contribution in [3.8, 4) is 10.6 Å². The monoisotopic (exact) mass is 366 g/mol. The molecule has 1 aliphatic heterocycles. The van der Waals surface area contributed by atoms with Crippen LogP contribution >= 0.6 is 11.3 Å². The molecule has 2 aromatic heterocycles. The van der Waals surface area contributed by atoms with Crippen LogP contribution in [0, 0.1) is 0 Å². The minimum absolute atomic E-state index is 0.00782. The van der Waals surface area contributed by atoms with Gasteiger partial charge in [-0.3, -0.25) is 14.5 Å². The fourth-order valence-corrected chi connectivity index (χ4v) is 4.95. The summed E-state index contributed by atoms with van der Waals surface area (Å²) in [6.45, 7) is 0. The van der Waals surface area contributed by atoms with Crippen molar-refractivity contribution in [3.05, 3.63) is 46.8 Å². The third kappa shape index (κ3) is 2.15. The summed E-state index contributed by atoms with van der Waals surface area (Å²) in [7, 11) is 0. The van der Waals surface area contributed by atoms with E-state index in [1.165, 1.54) is 22.7 Å². The van der Waals surface area contributed by atoms with Gasteiger partial charge in [-0.15, -0.1) is 11.3 Å². The van der Waals surface area contributed by atoms with Gasteiger partial charge in [-0.05, 0) is 42.5 Å². The number of hydrogen-bond donors (Lipinski definition) is 1. The molecule has 0 bridgehead atoms. The Labute approximate surface area is 154 Å². The van der Waals surface area contributed by atoms with E-state index in [1.807, 2.05) is 23.6 Å². The Morgan fingerprint density at radius 1 is 1.00 bits per heavy atom. The molecule has 5 nitrogen and oxygen atoms in total. The molecule has 2 amide bonds. The number of aromatic nitrogens is 1. The van der Waals surface area contributed by atoms with Crippen LogP contribution in [0.4, 0.5) is 0 Å². The highest BCUT2D eigenvalue weighted by Crippen LogP contribution is 2.36. The summed E-state index contributed by atoms with van der Waals surface area (Å²) in [5.41, 5.74) is 2.08. The maximum atomic E-state index is 12.9. The second-order valence-electron chi connectivity index (χ2n) is 7.05. The van der Waals surface area contributed by atoms with Gasteiger partial charge in [-0.1, -0.05) is 25.3 Å². The summed E-state index contributed by atoms with van der Waals surface area (Å²) in [4.78, 5) is 28.2. The molecule has 1 fully saturated rings. The number of benzene rings is 1. The summed E-state index contributed by atoms with van der Waals surface area (Å²) in [6.07, 6.45) is 5.07. The Hall–Kier alpha value is -2.60. The molecule has 3 aromatic rings. The van der Waals surface area contributed by atoms with E-state index in [4.69, 9.17) is 0 Å². The third-order valence-corrected chi connectivity index (χ3v) is 6.42. The average Bonchev–Trinajstić information content (AvgIpc) is 3.34. The largest absolute Gasteiger partial charge is 0.428 e. The predicted octanol–water partition coefficient (Wildman–Crippen LogP) is 4.54. The van der Waals surface area contributed by atoms with Crippen LogP contribution < -0.4 is 0 Å². The maximum Gasteiger partial charge on any atom is 0.261 e. The molecule has 1 saturated carbocycles. The first kappa shape index (κ1) is 15.6. The minimum Gasteiger partial charge on any atom is -0.428 e. The molecule has 132 valence electrons. The number of amides is 2. The molecular formula is C20H18N2O3S. The zero-order valence-electron chi connectivity index (χ0n) is 14.1. The van der Waals surface area contributed by atoms with Gasteiger partial charge in [-0.2, -0.15) is 4.73 Å². The van der Waals surface area contributed by atoms with Crippen molar-refractivity contribution in [3.63, 3.8) is 0 Å². The summed E-state index contributed by atoms with van der Waals surface area (Å²) in [5, 5.41) is 13.3. The van der Waals surface area contributed by atoms with Gasteiger partial charge in [0.15, 0.2) is 0 Å². The van der Waals surface area contributed by atoms with E-state index in [2.05, 4.69) is 0 Å². The molecule has 0 saturated heterocycles. The van der Waals surface area contributed by atoms with Crippen LogP contribution in [-0.2, 0) is 0 Å². The Morgan fingerprint density at radius 3 is 2.42 bits per heavy atom. The van der Waals surface area contributed by atoms with Crippen molar-refractivity contribution >= 4 is 34.1 Å². The third-order valence-electron chi connectivity index (χ3n) is 5.53. The lowest BCUT2D eigenvalue weighted by atomic mass is 9.94. The number of imide groups is 1. The van der Waals surface area contributed by atoms with E-state index in [9.17, 15) is 14.8 Å². The predicted molar refractivity (Wildman–Crippen MR) is 99.8 cm³/mol. The Bertz CT molecular complexity index is 1030. The van der Waals surface area contributed by atoms with E-state index in [0.717, 1.165) is 40.7 Å². The van der Waals surface area contributed by atoms with Gasteiger partial charge in [0.25, 0.3) is 11.8 Å². The molecule has 1 N–H and O–H groups in total. The number of thiophene rings is 1. The lowest BCUT2D eigenvalue weighted by molar-refractivity contribution is 0.0549. The van der Waals surface area contributed by atoms with Crippen molar-refractivity contribution in [2.24, 2.45) is 0 Å². The Kier molecular flexibility index (Phi) is 3.43. The van der Waals surface area contributed by atoms with Crippen LogP contribution in [0.2, 0.25) is 0 Å². The van der Waals surface area contributed by atoms with Crippen LogP contribution in [-0.4, -0.2) is 32.7 Å².